The van der Waals surface area contributed by atoms with Crippen LogP contribution in [0.1, 0.15) is 115 Å². The number of pyridine rings is 1. The summed E-state index contributed by atoms with van der Waals surface area (Å²) in [5.74, 6) is 1.98. The molecule has 6 N–H and O–H groups in total. The molecule has 1 aromatic heterocycles. The minimum Gasteiger partial charge on any atom is -0.459 e. The highest BCUT2D eigenvalue weighted by Gasteiger charge is 2.66. The van der Waals surface area contributed by atoms with E-state index in [4.69, 9.17) is 14.2 Å². The molecule has 6 aliphatic rings. The van der Waals surface area contributed by atoms with Crippen LogP contribution in [0.25, 0.3) is 0 Å². The fourth-order valence-electron chi connectivity index (χ4n) is 12.8. The molecule has 0 spiro atoms. The lowest BCUT2D eigenvalue weighted by Gasteiger charge is -2.63. The van der Waals surface area contributed by atoms with Crippen LogP contribution < -0.4 is 21.3 Å². The Bertz CT molecular complexity index is 1660. The second-order valence-corrected chi connectivity index (χ2v) is 20.7. The molecule has 14 atom stereocenters. The maximum Gasteiger partial charge on any atom is 0.338 e. The number of fused-ring (bicyclic) bond motifs is 6. The van der Waals surface area contributed by atoms with Crippen LogP contribution in [-0.4, -0.2) is 120 Å². The van der Waals surface area contributed by atoms with E-state index in [-0.39, 0.29) is 88.3 Å². The van der Waals surface area contributed by atoms with Crippen molar-refractivity contribution in [1.82, 2.24) is 26.3 Å². The number of aliphatic hydroxyl groups excluding tert-OH is 2. The van der Waals surface area contributed by atoms with Crippen LogP contribution in [0.4, 0.5) is 4.79 Å². The van der Waals surface area contributed by atoms with Crippen molar-refractivity contribution < 1.29 is 43.6 Å². The van der Waals surface area contributed by atoms with Crippen LogP contribution in [0.3, 0.4) is 0 Å². The molecule has 0 bridgehead atoms. The van der Waals surface area contributed by atoms with Gasteiger partial charge in [-0.25, -0.2) is 9.59 Å². The summed E-state index contributed by atoms with van der Waals surface area (Å²) in [4.78, 5) is 53.4. The van der Waals surface area contributed by atoms with Crippen LogP contribution in [0.5, 0.6) is 0 Å². The van der Waals surface area contributed by atoms with E-state index < -0.39 is 12.2 Å². The Balaban J connectivity index is 0.739. The van der Waals surface area contributed by atoms with Gasteiger partial charge in [0, 0.05) is 49.3 Å². The van der Waals surface area contributed by atoms with Gasteiger partial charge in [-0.05, 0) is 123 Å². The molecule has 6 fully saturated rings. The Morgan fingerprint density at radius 2 is 1.64 bits per heavy atom. The van der Waals surface area contributed by atoms with Gasteiger partial charge < -0.3 is 45.7 Å². The highest BCUT2D eigenvalue weighted by molar-refractivity contribution is 8.00. The number of carbonyl (C=O) groups is 4. The average Bonchev–Trinajstić information content (AvgIpc) is 3.92. The number of ether oxygens (including phenoxy) is 3. The lowest BCUT2D eigenvalue weighted by Crippen LogP contribution is -2.62. The lowest BCUT2D eigenvalue weighted by molar-refractivity contribution is -0.207. The molecule has 2 aliphatic heterocycles. The fourth-order valence-corrected chi connectivity index (χ4v) is 14.3. The van der Waals surface area contributed by atoms with Gasteiger partial charge in [0.15, 0.2) is 0 Å². The van der Waals surface area contributed by atoms with Crippen LogP contribution in [0.2, 0.25) is 0 Å². The molecule has 2 saturated heterocycles. The van der Waals surface area contributed by atoms with E-state index in [0.717, 1.165) is 63.5 Å². The van der Waals surface area contributed by atoms with E-state index in [2.05, 4.69) is 47.0 Å². The SMILES string of the molecule is C[C@H](CCC(=O)NCCOCCOCCNC(=O)CCCC[C@@H]1SC[C@@H]2NC(=O)N[C@@H]21)[C@H]1CC[C@H]2[C@@H]3[C@H](O)C[C@@H]4C[C@H](OC(=O)c5ccncc5)CC[C@]4(C)[C@H]3C[C@H](O)[C@]12C. The Kier molecular flexibility index (Phi) is 15.6. The first kappa shape index (κ1) is 46.0. The number of amides is 4. The Hall–Kier alpha value is -2.98. The van der Waals surface area contributed by atoms with Crippen molar-refractivity contribution in [1.29, 1.82) is 0 Å². The van der Waals surface area contributed by atoms with Crippen molar-refractivity contribution in [3.8, 4) is 0 Å². The number of urea groups is 1. The number of thioether (sulfide) groups is 1. The number of unbranched alkanes of at least 4 members (excludes halogenated alkanes) is 1. The number of esters is 1. The van der Waals surface area contributed by atoms with Crippen LogP contribution in [-0.2, 0) is 23.8 Å². The first-order valence-corrected chi connectivity index (χ1v) is 24.3. The molecule has 1 aromatic rings. The predicted molar refractivity (Wildman–Crippen MR) is 231 cm³/mol. The molecular formula is C46H71N5O9S. The zero-order chi connectivity index (χ0) is 43.1. The third-order valence-electron chi connectivity index (χ3n) is 16.1. The predicted octanol–water partition coefficient (Wildman–Crippen LogP) is 4.62. The highest BCUT2D eigenvalue weighted by Crippen LogP contribution is 2.68. The molecular weight excluding hydrogens is 799 g/mol. The number of carbonyl (C=O) groups excluding carboxylic acids is 4. The van der Waals surface area contributed by atoms with Crippen LogP contribution in [0, 0.1) is 46.3 Å². The molecule has 4 aliphatic carbocycles. The second-order valence-electron chi connectivity index (χ2n) is 19.4. The number of rotatable bonds is 20. The van der Waals surface area contributed by atoms with Gasteiger partial charge in [-0.15, -0.1) is 0 Å². The normalized spacial score (nSPS) is 36.7. The highest BCUT2D eigenvalue weighted by atomic mass is 32.2. The molecule has 61 heavy (non-hydrogen) atoms. The standard InChI is InChI=1S/C46H71N5O9S/c1-28(8-11-40(55)49-19-21-59-23-22-58-20-18-48-39(54)7-5-4-6-37-42-35(27-61-37)50-44(57)51-42)32-9-10-33-41-34(26-38(53)46(32,33)3)45(2)15-12-31(24-30(45)25-36(41)52)60-43(56)29-13-16-47-17-14-29/h13-14,16-17,28,30-38,41-42,52-53H,4-12,15,18-27H2,1-3H3,(H,48,54)(H,49,55)(H2,50,51,57)/t28-,30+,31-,32-,33+,34+,35+,36-,37+,38+,41+,42+,45+,46-/m1/s1. The first-order valence-electron chi connectivity index (χ1n) is 23.2. The smallest absolute Gasteiger partial charge is 0.338 e. The van der Waals surface area contributed by atoms with E-state index in [1.807, 2.05) is 11.8 Å². The number of aliphatic hydroxyl groups is 2. The van der Waals surface area contributed by atoms with Gasteiger partial charge in [0.2, 0.25) is 11.8 Å². The summed E-state index contributed by atoms with van der Waals surface area (Å²) >= 11 is 1.90. The van der Waals surface area contributed by atoms with Crippen molar-refractivity contribution in [3.63, 3.8) is 0 Å². The van der Waals surface area contributed by atoms with Crippen LogP contribution >= 0.6 is 11.8 Å². The zero-order valence-electron chi connectivity index (χ0n) is 36.5. The second kappa shape index (κ2) is 20.7. The minimum atomic E-state index is -0.472. The van der Waals surface area contributed by atoms with Crippen molar-refractivity contribution >= 4 is 35.6 Å². The van der Waals surface area contributed by atoms with Crippen molar-refractivity contribution in [3.05, 3.63) is 30.1 Å². The Morgan fingerprint density at radius 3 is 2.38 bits per heavy atom. The lowest BCUT2D eigenvalue weighted by atomic mass is 9.43. The fraction of sp³-hybridized carbons (Fsp3) is 0.804. The molecule has 14 nitrogen and oxygen atoms in total. The molecule has 0 aromatic carbocycles. The largest absolute Gasteiger partial charge is 0.459 e. The van der Waals surface area contributed by atoms with Crippen molar-refractivity contribution in [2.75, 3.05) is 45.3 Å². The van der Waals surface area contributed by atoms with Gasteiger partial charge >= 0.3 is 12.0 Å². The van der Waals surface area contributed by atoms with E-state index in [1.54, 1.807) is 24.5 Å². The summed E-state index contributed by atoms with van der Waals surface area (Å²) in [6, 6.07) is 3.71. The molecule has 0 unspecified atom stereocenters. The Labute approximate surface area is 365 Å². The van der Waals surface area contributed by atoms with E-state index in [9.17, 15) is 29.4 Å². The molecule has 15 heteroatoms. The number of aromatic nitrogens is 1. The first-order chi connectivity index (χ1) is 29.4. The maximum atomic E-state index is 12.8. The molecule has 340 valence electrons. The summed E-state index contributed by atoms with van der Waals surface area (Å²) in [5, 5.41) is 36.2. The van der Waals surface area contributed by atoms with Gasteiger partial charge in [0.1, 0.15) is 6.10 Å². The van der Waals surface area contributed by atoms with Gasteiger partial charge in [0.05, 0.1) is 56.3 Å². The average molecular weight is 870 g/mol. The van der Waals surface area contributed by atoms with Crippen LogP contribution in [0.15, 0.2) is 24.5 Å². The summed E-state index contributed by atoms with van der Waals surface area (Å²) in [6.07, 6.45) is 12.3. The topological polar surface area (TPSA) is 197 Å². The summed E-state index contributed by atoms with van der Waals surface area (Å²) in [5.41, 5.74) is 0.166. The Morgan fingerprint density at radius 1 is 0.918 bits per heavy atom. The number of hydrogen-bond acceptors (Lipinski definition) is 11. The van der Waals surface area contributed by atoms with E-state index in [1.165, 1.54) is 0 Å². The molecule has 4 amide bonds. The summed E-state index contributed by atoms with van der Waals surface area (Å²) in [7, 11) is 0. The van der Waals surface area contributed by atoms with Gasteiger partial charge in [-0.3, -0.25) is 14.6 Å². The minimum absolute atomic E-state index is 0.000742. The number of nitrogens with zero attached hydrogens (tertiary/aromatic N) is 1. The quantitative estimate of drug-likeness (QED) is 0.0608. The number of hydrogen-bond donors (Lipinski definition) is 6. The van der Waals surface area contributed by atoms with Crippen molar-refractivity contribution in [2.24, 2.45) is 46.3 Å². The third-order valence-corrected chi connectivity index (χ3v) is 17.6. The molecule has 4 saturated carbocycles. The van der Waals surface area contributed by atoms with Gasteiger partial charge in [-0.1, -0.05) is 27.2 Å². The van der Waals surface area contributed by atoms with E-state index >= 15 is 0 Å². The number of nitrogens with one attached hydrogen (secondary N) is 4. The maximum absolute atomic E-state index is 12.8. The van der Waals surface area contributed by atoms with Gasteiger partial charge in [0.25, 0.3) is 0 Å². The molecule has 0 radical (unpaired) electrons. The van der Waals surface area contributed by atoms with Crippen molar-refractivity contribution in [2.45, 2.75) is 140 Å². The van der Waals surface area contributed by atoms with Gasteiger partial charge in [-0.2, -0.15) is 11.8 Å². The monoisotopic (exact) mass is 869 g/mol. The summed E-state index contributed by atoms with van der Waals surface area (Å²) in [6.45, 7) is 9.33. The molecule has 7 rings (SSSR count). The summed E-state index contributed by atoms with van der Waals surface area (Å²) < 4.78 is 17.2. The third kappa shape index (κ3) is 10.5. The zero-order valence-corrected chi connectivity index (χ0v) is 37.3. The molecule has 3 heterocycles. The van der Waals surface area contributed by atoms with E-state index in [0.29, 0.717) is 76.0 Å².